The number of hydrogen-bond donors (Lipinski definition) is 3. The SMILES string of the molecule is C#CCCNC(=O)Nc1sc(C)c(C)c1C(=O)O. The van der Waals surface area contributed by atoms with Crippen LogP contribution in [0.1, 0.15) is 27.2 Å². The van der Waals surface area contributed by atoms with Gasteiger partial charge in [-0.15, -0.1) is 23.7 Å². The average molecular weight is 266 g/mol. The molecule has 0 atom stereocenters. The molecule has 0 aliphatic heterocycles. The fourth-order valence-electron chi connectivity index (χ4n) is 1.37. The first-order valence-corrected chi connectivity index (χ1v) is 6.10. The van der Waals surface area contributed by atoms with Gasteiger partial charge in [-0.3, -0.25) is 5.32 Å². The summed E-state index contributed by atoms with van der Waals surface area (Å²) in [6, 6.07) is -0.450. The molecule has 1 aromatic heterocycles. The van der Waals surface area contributed by atoms with Crippen LogP contribution in [0.5, 0.6) is 0 Å². The zero-order valence-electron chi connectivity index (χ0n) is 10.2. The molecule has 1 heterocycles. The number of terminal acetylenes is 1. The van der Waals surface area contributed by atoms with E-state index in [0.29, 0.717) is 23.5 Å². The van der Waals surface area contributed by atoms with Gasteiger partial charge in [0.25, 0.3) is 0 Å². The van der Waals surface area contributed by atoms with Gasteiger partial charge in [-0.1, -0.05) is 0 Å². The molecule has 96 valence electrons. The molecule has 0 spiro atoms. The number of hydrogen-bond acceptors (Lipinski definition) is 3. The summed E-state index contributed by atoms with van der Waals surface area (Å²) in [5.41, 5.74) is 0.816. The van der Waals surface area contributed by atoms with Crippen LogP contribution in [0.3, 0.4) is 0 Å². The number of carboxylic acid groups (broad SMARTS) is 1. The number of carbonyl (C=O) groups excluding carboxylic acids is 1. The van der Waals surface area contributed by atoms with Crippen molar-refractivity contribution in [2.45, 2.75) is 20.3 Å². The molecular weight excluding hydrogens is 252 g/mol. The van der Waals surface area contributed by atoms with Crippen LogP contribution in [0.4, 0.5) is 9.80 Å². The summed E-state index contributed by atoms with van der Waals surface area (Å²) >= 11 is 1.24. The van der Waals surface area contributed by atoms with Crippen molar-refractivity contribution in [2.75, 3.05) is 11.9 Å². The molecule has 0 aliphatic rings. The summed E-state index contributed by atoms with van der Waals surface area (Å²) in [6.45, 7) is 3.89. The Hall–Kier alpha value is -2.00. The van der Waals surface area contributed by atoms with Crippen LogP contribution in [0.2, 0.25) is 0 Å². The lowest BCUT2D eigenvalue weighted by atomic mass is 10.1. The highest BCUT2D eigenvalue weighted by Crippen LogP contribution is 2.32. The maximum atomic E-state index is 11.5. The summed E-state index contributed by atoms with van der Waals surface area (Å²) in [4.78, 5) is 23.5. The zero-order chi connectivity index (χ0) is 13.7. The maximum Gasteiger partial charge on any atom is 0.338 e. The third kappa shape index (κ3) is 3.25. The fourth-order valence-corrected chi connectivity index (χ4v) is 2.42. The summed E-state index contributed by atoms with van der Waals surface area (Å²) in [6.07, 6.45) is 5.49. The number of anilines is 1. The molecule has 6 heteroatoms. The van der Waals surface area contributed by atoms with E-state index >= 15 is 0 Å². The maximum absolute atomic E-state index is 11.5. The number of thiophene rings is 1. The van der Waals surface area contributed by atoms with Gasteiger partial charge >= 0.3 is 12.0 Å². The molecule has 18 heavy (non-hydrogen) atoms. The van der Waals surface area contributed by atoms with E-state index in [1.807, 2.05) is 6.92 Å². The molecule has 1 rings (SSSR count). The third-order valence-corrected chi connectivity index (χ3v) is 3.50. The van der Waals surface area contributed by atoms with E-state index in [0.717, 1.165) is 4.88 Å². The van der Waals surface area contributed by atoms with E-state index in [1.165, 1.54) is 11.3 Å². The predicted molar refractivity (Wildman–Crippen MR) is 71.2 cm³/mol. The Labute approximate surface area is 109 Å². The number of aryl methyl sites for hydroxylation is 1. The van der Waals surface area contributed by atoms with Crippen molar-refractivity contribution < 1.29 is 14.7 Å². The molecule has 0 saturated heterocycles. The standard InChI is InChI=1S/C12H14N2O3S/c1-4-5-6-13-12(17)14-10-9(11(15)16)7(2)8(3)18-10/h1H,5-6H2,2-3H3,(H,15,16)(H2,13,14,17). The van der Waals surface area contributed by atoms with Crippen molar-refractivity contribution in [3.05, 3.63) is 16.0 Å². The van der Waals surface area contributed by atoms with Crippen LogP contribution < -0.4 is 10.6 Å². The Morgan fingerprint density at radius 2 is 2.11 bits per heavy atom. The second-order valence-corrected chi connectivity index (χ2v) is 4.85. The van der Waals surface area contributed by atoms with Gasteiger partial charge in [0.1, 0.15) is 5.00 Å². The molecule has 3 N–H and O–H groups in total. The normalized spacial score (nSPS) is 9.61. The third-order valence-electron chi connectivity index (χ3n) is 2.38. The smallest absolute Gasteiger partial charge is 0.338 e. The highest BCUT2D eigenvalue weighted by Gasteiger charge is 2.19. The quantitative estimate of drug-likeness (QED) is 0.577. The minimum absolute atomic E-state index is 0.143. The summed E-state index contributed by atoms with van der Waals surface area (Å²) in [5, 5.41) is 14.5. The van der Waals surface area contributed by atoms with Crippen LogP contribution in [-0.2, 0) is 0 Å². The summed E-state index contributed by atoms with van der Waals surface area (Å²) < 4.78 is 0. The topological polar surface area (TPSA) is 78.4 Å². The van der Waals surface area contributed by atoms with E-state index in [1.54, 1.807) is 6.92 Å². The van der Waals surface area contributed by atoms with Gasteiger partial charge in [0.05, 0.1) is 5.56 Å². The highest BCUT2D eigenvalue weighted by atomic mass is 32.1. The van der Waals surface area contributed by atoms with Gasteiger partial charge in [0, 0.05) is 17.8 Å². The number of nitrogens with one attached hydrogen (secondary N) is 2. The second-order valence-electron chi connectivity index (χ2n) is 3.63. The van der Waals surface area contributed by atoms with Crippen molar-refractivity contribution >= 4 is 28.3 Å². The van der Waals surface area contributed by atoms with Gasteiger partial charge in [-0.25, -0.2) is 9.59 Å². The lowest BCUT2D eigenvalue weighted by Crippen LogP contribution is -2.29. The molecule has 1 aromatic rings. The van der Waals surface area contributed by atoms with E-state index in [2.05, 4.69) is 16.6 Å². The van der Waals surface area contributed by atoms with E-state index in [-0.39, 0.29) is 5.56 Å². The van der Waals surface area contributed by atoms with Gasteiger partial charge < -0.3 is 10.4 Å². The molecule has 5 nitrogen and oxygen atoms in total. The lowest BCUT2D eigenvalue weighted by molar-refractivity contribution is 0.0697. The van der Waals surface area contributed by atoms with Crippen LogP contribution in [-0.4, -0.2) is 23.7 Å². The monoisotopic (exact) mass is 266 g/mol. The molecule has 0 bridgehead atoms. The van der Waals surface area contributed by atoms with E-state index < -0.39 is 12.0 Å². The Morgan fingerprint density at radius 3 is 2.67 bits per heavy atom. The number of urea groups is 1. The molecular formula is C12H14N2O3S. The molecule has 0 aliphatic carbocycles. The molecule has 0 radical (unpaired) electrons. The number of rotatable bonds is 4. The number of amides is 2. The van der Waals surface area contributed by atoms with Gasteiger partial charge in [0.2, 0.25) is 0 Å². The largest absolute Gasteiger partial charge is 0.478 e. The average Bonchev–Trinajstić information content (AvgIpc) is 2.54. The fraction of sp³-hybridized carbons (Fsp3) is 0.333. The number of carbonyl (C=O) groups is 2. The van der Waals surface area contributed by atoms with Crippen LogP contribution >= 0.6 is 11.3 Å². The first-order chi connectivity index (χ1) is 8.47. The molecule has 0 aromatic carbocycles. The first kappa shape index (κ1) is 14.1. The van der Waals surface area contributed by atoms with E-state index in [9.17, 15) is 9.59 Å². The molecule has 2 amide bonds. The Balaban J connectivity index is 2.79. The minimum Gasteiger partial charge on any atom is -0.478 e. The molecule has 0 unspecified atom stereocenters. The first-order valence-electron chi connectivity index (χ1n) is 5.29. The number of carboxylic acids is 1. The van der Waals surface area contributed by atoms with Crippen molar-refractivity contribution in [1.29, 1.82) is 0 Å². The molecule has 0 saturated carbocycles. The van der Waals surface area contributed by atoms with E-state index in [4.69, 9.17) is 11.5 Å². The Kier molecular flexibility index (Phi) is 4.75. The number of aromatic carboxylic acids is 1. The van der Waals surface area contributed by atoms with Crippen molar-refractivity contribution in [3.63, 3.8) is 0 Å². The van der Waals surface area contributed by atoms with Gasteiger partial charge in [0.15, 0.2) is 0 Å². The van der Waals surface area contributed by atoms with Crippen LogP contribution in [0, 0.1) is 26.2 Å². The Morgan fingerprint density at radius 1 is 1.44 bits per heavy atom. The van der Waals surface area contributed by atoms with Crippen molar-refractivity contribution in [3.8, 4) is 12.3 Å². The van der Waals surface area contributed by atoms with Gasteiger partial charge in [-0.05, 0) is 19.4 Å². The van der Waals surface area contributed by atoms with Gasteiger partial charge in [-0.2, -0.15) is 0 Å². The highest BCUT2D eigenvalue weighted by molar-refractivity contribution is 7.16. The van der Waals surface area contributed by atoms with Crippen molar-refractivity contribution in [2.24, 2.45) is 0 Å². The minimum atomic E-state index is -1.05. The Bertz CT molecular complexity index is 514. The zero-order valence-corrected chi connectivity index (χ0v) is 11.0. The molecule has 0 fully saturated rings. The second kappa shape index (κ2) is 6.07. The summed E-state index contributed by atoms with van der Waals surface area (Å²) in [5.74, 6) is 1.35. The predicted octanol–water partition coefficient (Wildman–Crippen LogP) is 2.21. The van der Waals surface area contributed by atoms with Crippen LogP contribution in [0.25, 0.3) is 0 Å². The lowest BCUT2D eigenvalue weighted by Gasteiger charge is -2.05. The van der Waals surface area contributed by atoms with Crippen LogP contribution in [0.15, 0.2) is 0 Å². The van der Waals surface area contributed by atoms with Crippen molar-refractivity contribution in [1.82, 2.24) is 5.32 Å². The summed E-state index contributed by atoms with van der Waals surface area (Å²) in [7, 11) is 0.